The Kier molecular flexibility index (Phi) is 5.67. The predicted octanol–water partition coefficient (Wildman–Crippen LogP) is 5.50. The van der Waals surface area contributed by atoms with E-state index in [1.54, 1.807) is 0 Å². The van der Waals surface area contributed by atoms with Gasteiger partial charge in [-0.05, 0) is 36.8 Å². The Morgan fingerprint density at radius 2 is 2.12 bits per heavy atom. The van der Waals surface area contributed by atoms with Crippen molar-refractivity contribution in [2.75, 3.05) is 5.32 Å². The molecule has 1 N–H and O–H groups in total. The zero-order valence-corrected chi connectivity index (χ0v) is 17.3. The third-order valence-corrected chi connectivity index (χ3v) is 7.34. The second-order valence-corrected chi connectivity index (χ2v) is 9.70. The van der Waals surface area contributed by atoms with Gasteiger partial charge in [0.15, 0.2) is 0 Å². The first-order chi connectivity index (χ1) is 12.3. The maximum absolute atomic E-state index is 14.5. The number of nitrogens with zero attached hydrogens (tertiary/aromatic N) is 1. The number of nitrogens with one attached hydrogen (secondary N) is 1. The van der Waals surface area contributed by atoms with Crippen LogP contribution in [0.1, 0.15) is 18.5 Å². The molecule has 3 rings (SSSR count). The molecule has 0 bridgehead atoms. The van der Waals surface area contributed by atoms with Crippen LogP contribution in [0.3, 0.4) is 0 Å². The molecule has 0 fully saturated rings. The fourth-order valence-corrected chi connectivity index (χ4v) is 5.22. The molecular weight excluding hydrogens is 463 g/mol. The lowest BCUT2D eigenvalue weighted by Gasteiger charge is -2.18. The minimum atomic E-state index is -4.07. The molecule has 0 aliphatic heterocycles. The highest BCUT2D eigenvalue weighted by atomic mass is 79.9. The van der Waals surface area contributed by atoms with Crippen molar-refractivity contribution >= 4 is 54.4 Å². The van der Waals surface area contributed by atoms with E-state index in [0.717, 1.165) is 33.5 Å². The van der Waals surface area contributed by atoms with Crippen LogP contribution in [0.25, 0.3) is 0 Å². The van der Waals surface area contributed by atoms with Crippen LogP contribution >= 0.6 is 38.9 Å². The van der Waals surface area contributed by atoms with E-state index >= 15 is 0 Å². The van der Waals surface area contributed by atoms with Crippen molar-refractivity contribution in [1.29, 1.82) is 0 Å². The van der Waals surface area contributed by atoms with Crippen LogP contribution in [0.4, 0.5) is 10.1 Å². The van der Waals surface area contributed by atoms with E-state index in [2.05, 4.69) is 32.4 Å². The van der Waals surface area contributed by atoms with Gasteiger partial charge >= 0.3 is 0 Å². The van der Waals surface area contributed by atoms with Crippen LogP contribution in [0.2, 0.25) is 5.02 Å². The number of sulfone groups is 1. The summed E-state index contributed by atoms with van der Waals surface area (Å²) in [6.45, 7) is 1.89. The molecule has 2 aromatic carbocycles. The Morgan fingerprint density at radius 1 is 1.35 bits per heavy atom. The van der Waals surface area contributed by atoms with Gasteiger partial charge in [-0.1, -0.05) is 39.7 Å². The number of anilines is 1. The van der Waals surface area contributed by atoms with Crippen molar-refractivity contribution in [2.24, 2.45) is 0 Å². The number of thiazole rings is 1. The standard InChI is InChI=1S/C17H12BrClFN2O2S2/c1-10(11-3-2-4-12(18)7-11)22-15-9-14(20)16(8-13(15)19)26(23,24)17-21-5-6-25-17/h2-4,6-10,22H,1H3/t10-/m1/s1. The van der Waals surface area contributed by atoms with Gasteiger partial charge in [-0.3, -0.25) is 0 Å². The maximum atomic E-state index is 14.5. The van der Waals surface area contributed by atoms with Gasteiger partial charge in [0, 0.05) is 15.9 Å². The molecule has 1 heterocycles. The summed E-state index contributed by atoms with van der Waals surface area (Å²) in [7, 11) is -4.07. The van der Waals surface area contributed by atoms with Gasteiger partial charge in [0.2, 0.25) is 14.2 Å². The zero-order chi connectivity index (χ0) is 18.9. The summed E-state index contributed by atoms with van der Waals surface area (Å²) < 4.78 is 40.1. The van der Waals surface area contributed by atoms with Crippen LogP contribution in [0.15, 0.2) is 55.5 Å². The van der Waals surface area contributed by atoms with Gasteiger partial charge < -0.3 is 5.32 Å². The highest BCUT2D eigenvalue weighted by Gasteiger charge is 2.26. The van der Waals surface area contributed by atoms with Gasteiger partial charge in [0.05, 0.1) is 10.7 Å². The molecule has 3 aromatic rings. The summed E-state index contributed by atoms with van der Waals surface area (Å²) in [5, 5.41) is 4.60. The summed E-state index contributed by atoms with van der Waals surface area (Å²) in [5.74, 6) is -0.895. The van der Waals surface area contributed by atoms with Crippen LogP contribution in [0.5, 0.6) is 0 Å². The fourth-order valence-electron chi connectivity index (χ4n) is 2.34. The van der Waals surface area contributed by atoms with Crippen molar-refractivity contribution in [3.63, 3.8) is 0 Å². The molecule has 0 unspecified atom stereocenters. The van der Waals surface area contributed by atoms with Crippen LogP contribution in [-0.2, 0) is 9.84 Å². The number of hydrogen-bond donors (Lipinski definition) is 1. The summed E-state index contributed by atoms with van der Waals surface area (Å²) in [6, 6.07) is 9.66. The van der Waals surface area contributed by atoms with E-state index in [0.29, 0.717) is 5.69 Å². The molecule has 26 heavy (non-hydrogen) atoms. The third-order valence-electron chi connectivity index (χ3n) is 3.63. The lowest BCUT2D eigenvalue weighted by atomic mass is 10.1. The second kappa shape index (κ2) is 7.64. The molecule has 9 heteroatoms. The van der Waals surface area contributed by atoms with Crippen molar-refractivity contribution in [1.82, 2.24) is 4.98 Å². The summed E-state index contributed by atoms with van der Waals surface area (Å²) in [5.41, 5.74) is 1.27. The van der Waals surface area contributed by atoms with Crippen molar-refractivity contribution < 1.29 is 12.8 Å². The monoisotopic (exact) mass is 473 g/mol. The van der Waals surface area contributed by atoms with Gasteiger partial charge in [0.25, 0.3) is 0 Å². The molecular formula is C17H12BrClFN2O2S2. The highest BCUT2D eigenvalue weighted by molar-refractivity contribution is 9.10. The third kappa shape index (κ3) is 3.93. The number of halogens is 3. The number of aromatic nitrogens is 1. The highest BCUT2D eigenvalue weighted by Crippen LogP contribution is 2.33. The van der Waals surface area contributed by atoms with E-state index in [1.807, 2.05) is 31.2 Å². The number of benzene rings is 2. The Labute approximate surface area is 168 Å². The van der Waals surface area contributed by atoms with Crippen molar-refractivity contribution in [3.8, 4) is 0 Å². The Hall–Kier alpha value is -1.48. The normalized spacial score (nSPS) is 12.8. The van der Waals surface area contributed by atoms with Crippen molar-refractivity contribution in [3.05, 3.63) is 68.9 Å². The SMILES string of the molecule is C[C@@H](Nc1cc(F)c(S(=O)(=O)c2n[c]cs2)cc1Cl)c1cccc(Br)c1. The Bertz CT molecular complexity index is 1040. The lowest BCUT2D eigenvalue weighted by Crippen LogP contribution is -2.09. The molecule has 135 valence electrons. The predicted molar refractivity (Wildman–Crippen MR) is 104 cm³/mol. The molecule has 0 aliphatic carbocycles. The minimum Gasteiger partial charge on any atom is -0.377 e. The van der Waals surface area contributed by atoms with Gasteiger partial charge in [-0.15, -0.1) is 11.3 Å². The molecule has 0 aliphatic rings. The molecule has 1 radical (unpaired) electrons. The summed E-state index contributed by atoms with van der Waals surface area (Å²) in [4.78, 5) is 3.12. The fraction of sp³-hybridized carbons (Fsp3) is 0.118. The maximum Gasteiger partial charge on any atom is 0.236 e. The average molecular weight is 475 g/mol. The molecule has 0 spiro atoms. The lowest BCUT2D eigenvalue weighted by molar-refractivity contribution is 0.566. The topological polar surface area (TPSA) is 59.1 Å². The second-order valence-electron chi connectivity index (χ2n) is 5.43. The molecule has 0 saturated carbocycles. The summed E-state index contributed by atoms with van der Waals surface area (Å²) in [6.07, 6.45) is 2.42. The van der Waals surface area contributed by atoms with Crippen LogP contribution in [0, 0.1) is 12.0 Å². The number of rotatable bonds is 5. The molecule has 1 atom stereocenters. The average Bonchev–Trinajstić information content (AvgIpc) is 3.13. The van der Waals surface area contributed by atoms with E-state index in [1.165, 1.54) is 5.38 Å². The van der Waals surface area contributed by atoms with Gasteiger partial charge in [-0.25, -0.2) is 17.8 Å². The van der Waals surface area contributed by atoms with Crippen LogP contribution in [-0.4, -0.2) is 13.4 Å². The van der Waals surface area contributed by atoms with E-state index in [4.69, 9.17) is 11.6 Å². The van der Waals surface area contributed by atoms with Gasteiger partial charge in [0.1, 0.15) is 16.9 Å². The van der Waals surface area contributed by atoms with Crippen molar-refractivity contribution in [2.45, 2.75) is 22.2 Å². The smallest absolute Gasteiger partial charge is 0.236 e. The van der Waals surface area contributed by atoms with E-state index in [9.17, 15) is 12.8 Å². The minimum absolute atomic E-state index is 0.104. The first kappa shape index (κ1) is 19.3. The largest absolute Gasteiger partial charge is 0.377 e. The summed E-state index contributed by atoms with van der Waals surface area (Å²) >= 11 is 10.5. The van der Waals surface area contributed by atoms with E-state index < -0.39 is 20.5 Å². The first-order valence-electron chi connectivity index (χ1n) is 7.37. The first-order valence-corrected chi connectivity index (χ1v) is 10.9. The van der Waals surface area contributed by atoms with E-state index in [-0.39, 0.29) is 15.4 Å². The number of hydrogen-bond acceptors (Lipinski definition) is 5. The molecule has 4 nitrogen and oxygen atoms in total. The Balaban J connectivity index is 1.93. The molecule has 1 aromatic heterocycles. The van der Waals surface area contributed by atoms with Crippen LogP contribution < -0.4 is 5.32 Å². The molecule has 0 amide bonds. The van der Waals surface area contributed by atoms with Gasteiger partial charge in [-0.2, -0.15) is 0 Å². The zero-order valence-electron chi connectivity index (χ0n) is 13.3. The Morgan fingerprint density at radius 3 is 2.77 bits per heavy atom. The molecule has 0 saturated heterocycles. The quantitative estimate of drug-likeness (QED) is 0.530.